The minimum Gasteiger partial charge on any atom is -0.452 e. The molecule has 0 atom stereocenters. The van der Waals surface area contributed by atoms with Crippen molar-refractivity contribution in [3.8, 4) is 5.75 Å². The first kappa shape index (κ1) is 20.2. The van der Waals surface area contributed by atoms with Gasteiger partial charge in [0.15, 0.2) is 6.61 Å². The number of hydrogen-bond donors (Lipinski definition) is 2. The van der Waals surface area contributed by atoms with Crippen LogP contribution in [-0.4, -0.2) is 31.1 Å². The third kappa shape index (κ3) is 6.58. The molecule has 27 heavy (non-hydrogen) atoms. The fourth-order valence-corrected chi connectivity index (χ4v) is 2.22. The van der Waals surface area contributed by atoms with Crippen molar-refractivity contribution < 1.29 is 27.8 Å². The number of halogens is 2. The van der Waals surface area contributed by atoms with Crippen LogP contribution in [0.15, 0.2) is 48.5 Å². The third-order valence-corrected chi connectivity index (χ3v) is 3.29. The second kappa shape index (κ2) is 9.51. The Bertz CT molecular complexity index is 780. The standard InChI is InChI=1S/C19H20F2N2O4/c1-12(2)22-17(24)11-26-18(25)15-5-3-4-6-16(15)23-13-7-9-14(10-8-13)27-19(20)21/h3-10,12,19,23H,11H2,1-2H3,(H,22,24). The van der Waals surface area contributed by atoms with Gasteiger partial charge >= 0.3 is 12.6 Å². The number of anilines is 2. The molecule has 0 aliphatic carbocycles. The summed E-state index contributed by atoms with van der Waals surface area (Å²) in [5, 5.41) is 5.64. The third-order valence-electron chi connectivity index (χ3n) is 3.29. The maximum absolute atomic E-state index is 12.3. The summed E-state index contributed by atoms with van der Waals surface area (Å²) >= 11 is 0. The average Bonchev–Trinajstić information content (AvgIpc) is 2.61. The van der Waals surface area contributed by atoms with E-state index in [1.165, 1.54) is 24.3 Å². The normalized spacial score (nSPS) is 10.6. The number of carbonyl (C=O) groups excluding carboxylic acids is 2. The van der Waals surface area contributed by atoms with Crippen molar-refractivity contribution in [2.75, 3.05) is 11.9 Å². The van der Waals surface area contributed by atoms with Crippen LogP contribution in [0.25, 0.3) is 0 Å². The largest absolute Gasteiger partial charge is 0.452 e. The number of ether oxygens (including phenoxy) is 2. The number of esters is 1. The van der Waals surface area contributed by atoms with Crippen molar-refractivity contribution >= 4 is 23.3 Å². The SMILES string of the molecule is CC(C)NC(=O)COC(=O)c1ccccc1Nc1ccc(OC(F)F)cc1. The Morgan fingerprint density at radius 1 is 1.04 bits per heavy atom. The summed E-state index contributed by atoms with van der Waals surface area (Å²) in [6.45, 7) is 0.324. The Hall–Kier alpha value is -3.16. The van der Waals surface area contributed by atoms with Crippen molar-refractivity contribution in [3.05, 3.63) is 54.1 Å². The van der Waals surface area contributed by atoms with Crippen molar-refractivity contribution in [2.45, 2.75) is 26.5 Å². The van der Waals surface area contributed by atoms with Crippen LogP contribution in [0.5, 0.6) is 5.75 Å². The van der Waals surface area contributed by atoms with Crippen LogP contribution in [-0.2, 0) is 9.53 Å². The fourth-order valence-electron chi connectivity index (χ4n) is 2.22. The molecule has 6 nitrogen and oxygen atoms in total. The highest BCUT2D eigenvalue weighted by Gasteiger charge is 2.15. The maximum atomic E-state index is 12.3. The van der Waals surface area contributed by atoms with E-state index < -0.39 is 18.5 Å². The summed E-state index contributed by atoms with van der Waals surface area (Å²) in [5.74, 6) is -1.02. The maximum Gasteiger partial charge on any atom is 0.387 e. The molecule has 2 aromatic rings. The second-order valence-electron chi connectivity index (χ2n) is 5.87. The van der Waals surface area contributed by atoms with Gasteiger partial charge in [0.1, 0.15) is 5.75 Å². The number of carbonyl (C=O) groups is 2. The van der Waals surface area contributed by atoms with E-state index in [1.807, 2.05) is 0 Å². The van der Waals surface area contributed by atoms with Crippen molar-refractivity contribution in [3.63, 3.8) is 0 Å². The van der Waals surface area contributed by atoms with Gasteiger partial charge in [-0.25, -0.2) is 4.79 Å². The molecule has 0 radical (unpaired) electrons. The lowest BCUT2D eigenvalue weighted by atomic mass is 10.1. The first-order chi connectivity index (χ1) is 12.8. The second-order valence-corrected chi connectivity index (χ2v) is 5.87. The molecule has 2 N–H and O–H groups in total. The first-order valence-electron chi connectivity index (χ1n) is 8.22. The van der Waals surface area contributed by atoms with Crippen molar-refractivity contribution in [1.29, 1.82) is 0 Å². The van der Waals surface area contributed by atoms with Crippen LogP contribution in [0.1, 0.15) is 24.2 Å². The van der Waals surface area contributed by atoms with Crippen LogP contribution in [0.2, 0.25) is 0 Å². The van der Waals surface area contributed by atoms with Gasteiger partial charge in [-0.2, -0.15) is 8.78 Å². The van der Waals surface area contributed by atoms with E-state index in [1.54, 1.807) is 38.1 Å². The van der Waals surface area contributed by atoms with Gasteiger partial charge in [0.05, 0.1) is 11.3 Å². The highest BCUT2D eigenvalue weighted by molar-refractivity contribution is 5.97. The summed E-state index contributed by atoms with van der Waals surface area (Å²) in [5.41, 5.74) is 1.26. The quantitative estimate of drug-likeness (QED) is 0.685. The molecular formula is C19H20F2N2O4. The molecule has 0 unspecified atom stereocenters. The number of nitrogens with one attached hydrogen (secondary N) is 2. The molecule has 0 aliphatic rings. The monoisotopic (exact) mass is 378 g/mol. The minimum absolute atomic E-state index is 0.0272. The van der Waals surface area contributed by atoms with E-state index >= 15 is 0 Å². The summed E-state index contributed by atoms with van der Waals surface area (Å²) in [7, 11) is 0. The van der Waals surface area contributed by atoms with E-state index in [4.69, 9.17) is 4.74 Å². The van der Waals surface area contributed by atoms with Gasteiger partial charge < -0.3 is 20.1 Å². The number of amides is 1. The van der Waals surface area contributed by atoms with Gasteiger partial charge in [0.25, 0.3) is 5.91 Å². The molecule has 0 saturated carbocycles. The van der Waals surface area contributed by atoms with Crippen LogP contribution >= 0.6 is 0 Å². The van der Waals surface area contributed by atoms with Crippen LogP contribution in [0, 0.1) is 0 Å². The fraction of sp³-hybridized carbons (Fsp3) is 0.263. The molecule has 0 bridgehead atoms. The number of para-hydroxylation sites is 1. The van der Waals surface area contributed by atoms with E-state index in [2.05, 4.69) is 15.4 Å². The zero-order chi connectivity index (χ0) is 19.8. The molecular weight excluding hydrogens is 358 g/mol. The van der Waals surface area contributed by atoms with Gasteiger partial charge in [-0.3, -0.25) is 4.79 Å². The zero-order valence-electron chi connectivity index (χ0n) is 14.9. The van der Waals surface area contributed by atoms with E-state index in [0.29, 0.717) is 11.4 Å². The van der Waals surface area contributed by atoms with E-state index in [-0.39, 0.29) is 24.0 Å². The highest BCUT2D eigenvalue weighted by Crippen LogP contribution is 2.24. The highest BCUT2D eigenvalue weighted by atomic mass is 19.3. The lowest BCUT2D eigenvalue weighted by molar-refractivity contribution is -0.124. The van der Waals surface area contributed by atoms with Crippen LogP contribution in [0.4, 0.5) is 20.2 Å². The lowest BCUT2D eigenvalue weighted by Crippen LogP contribution is -2.34. The van der Waals surface area contributed by atoms with Gasteiger partial charge in [0.2, 0.25) is 0 Å². The predicted molar refractivity (Wildman–Crippen MR) is 96.4 cm³/mol. The molecule has 0 spiro atoms. The Morgan fingerprint density at radius 3 is 2.33 bits per heavy atom. The summed E-state index contributed by atoms with van der Waals surface area (Å²) in [6, 6.07) is 12.4. The summed E-state index contributed by atoms with van der Waals surface area (Å²) in [4.78, 5) is 23.9. The molecule has 2 rings (SSSR count). The van der Waals surface area contributed by atoms with Crippen molar-refractivity contribution in [1.82, 2.24) is 5.32 Å². The molecule has 0 aromatic heterocycles. The molecule has 1 amide bonds. The number of hydrogen-bond acceptors (Lipinski definition) is 5. The van der Waals surface area contributed by atoms with E-state index in [0.717, 1.165) is 0 Å². The van der Waals surface area contributed by atoms with Gasteiger partial charge in [-0.05, 0) is 50.2 Å². The Morgan fingerprint density at radius 2 is 1.70 bits per heavy atom. The zero-order valence-corrected chi connectivity index (χ0v) is 14.9. The molecule has 144 valence electrons. The Kier molecular flexibility index (Phi) is 7.10. The first-order valence-corrected chi connectivity index (χ1v) is 8.22. The molecule has 8 heteroatoms. The smallest absolute Gasteiger partial charge is 0.387 e. The van der Waals surface area contributed by atoms with Crippen molar-refractivity contribution in [2.24, 2.45) is 0 Å². The van der Waals surface area contributed by atoms with Gasteiger partial charge in [0, 0.05) is 11.7 Å². The number of benzene rings is 2. The minimum atomic E-state index is -2.90. The number of alkyl halides is 2. The number of rotatable bonds is 8. The summed E-state index contributed by atoms with van der Waals surface area (Å²) < 4.78 is 33.7. The van der Waals surface area contributed by atoms with Crippen LogP contribution in [0.3, 0.4) is 0 Å². The molecule has 0 aliphatic heterocycles. The Balaban J connectivity index is 2.04. The van der Waals surface area contributed by atoms with Crippen LogP contribution < -0.4 is 15.4 Å². The molecule has 2 aromatic carbocycles. The summed E-state index contributed by atoms with van der Waals surface area (Å²) in [6.07, 6.45) is 0. The lowest BCUT2D eigenvalue weighted by Gasteiger charge is -2.13. The predicted octanol–water partition coefficient (Wildman–Crippen LogP) is 3.71. The molecule has 0 heterocycles. The molecule has 0 saturated heterocycles. The average molecular weight is 378 g/mol. The van der Waals surface area contributed by atoms with Gasteiger partial charge in [-0.15, -0.1) is 0 Å². The van der Waals surface area contributed by atoms with E-state index in [9.17, 15) is 18.4 Å². The molecule has 0 fully saturated rings. The topological polar surface area (TPSA) is 76.7 Å². The van der Waals surface area contributed by atoms with Gasteiger partial charge in [-0.1, -0.05) is 12.1 Å². The Labute approximate surface area is 155 Å².